The van der Waals surface area contributed by atoms with Crippen LogP contribution in [0.25, 0.3) is 0 Å². The first-order valence-corrected chi connectivity index (χ1v) is 7.14. The van der Waals surface area contributed by atoms with Gasteiger partial charge in [0.1, 0.15) is 0 Å². The number of nitrogens with two attached hydrogens (primary N) is 1. The van der Waals surface area contributed by atoms with E-state index in [9.17, 15) is 4.79 Å². The molecule has 4 N–H and O–H groups in total. The summed E-state index contributed by atoms with van der Waals surface area (Å²) in [7, 11) is 0. The summed E-state index contributed by atoms with van der Waals surface area (Å²) in [5, 5.41) is 6.12. The predicted molar refractivity (Wildman–Crippen MR) is 89.9 cm³/mol. The van der Waals surface area contributed by atoms with Crippen molar-refractivity contribution in [3.05, 3.63) is 65.2 Å². The minimum atomic E-state index is -0.208. The molecule has 0 saturated carbocycles. The molecule has 0 aromatic heterocycles. The summed E-state index contributed by atoms with van der Waals surface area (Å²) in [6.45, 7) is 0.519. The molecule has 2 aromatic carbocycles. The molecule has 0 radical (unpaired) electrons. The molecule has 114 valence electrons. The number of halogens is 1. The Bertz CT molecular complexity index is 641. The van der Waals surface area contributed by atoms with E-state index < -0.39 is 0 Å². The summed E-state index contributed by atoms with van der Waals surface area (Å²) in [5.74, 6) is 0.0234. The van der Waals surface area contributed by atoms with Gasteiger partial charge < -0.3 is 16.4 Å². The van der Waals surface area contributed by atoms with E-state index in [4.69, 9.17) is 17.3 Å². The maximum Gasteiger partial charge on any atom is 0.243 e. The summed E-state index contributed by atoms with van der Waals surface area (Å²) in [5.41, 5.74) is 7.45. The first kappa shape index (κ1) is 15.9. The van der Waals surface area contributed by atoms with Crippen LogP contribution in [0.15, 0.2) is 59.6 Å². The molecule has 0 spiro atoms. The van der Waals surface area contributed by atoms with Gasteiger partial charge in [-0.1, -0.05) is 41.9 Å². The summed E-state index contributed by atoms with van der Waals surface area (Å²) in [4.78, 5) is 15.9. The minimum absolute atomic E-state index is 0.0484. The number of amides is 1. The van der Waals surface area contributed by atoms with E-state index in [0.29, 0.717) is 17.3 Å². The van der Waals surface area contributed by atoms with Crippen LogP contribution in [0.4, 0.5) is 5.69 Å². The normalized spacial score (nSPS) is 11.0. The average molecular weight is 317 g/mol. The zero-order valence-electron chi connectivity index (χ0n) is 11.9. The molecular weight excluding hydrogens is 300 g/mol. The van der Waals surface area contributed by atoms with Gasteiger partial charge in [0.2, 0.25) is 5.91 Å². The predicted octanol–water partition coefficient (Wildman–Crippen LogP) is 2.38. The third-order valence-electron chi connectivity index (χ3n) is 2.83. The Hall–Kier alpha value is -2.53. The Morgan fingerprint density at radius 2 is 1.77 bits per heavy atom. The maximum atomic E-state index is 11.8. The van der Waals surface area contributed by atoms with Gasteiger partial charge in [0, 0.05) is 10.7 Å². The standard InChI is InChI=1S/C16H17ClN4O/c17-13-6-8-14(9-7-13)21-15(22)11-20-16(18)19-10-12-4-2-1-3-5-12/h1-9H,10-11H2,(H,21,22)(H3,18,19,20). The molecular formula is C16H17ClN4O. The third kappa shape index (κ3) is 5.46. The van der Waals surface area contributed by atoms with E-state index in [2.05, 4.69) is 15.6 Å². The highest BCUT2D eigenvalue weighted by Crippen LogP contribution is 2.12. The second-order valence-corrected chi connectivity index (χ2v) is 5.03. The monoisotopic (exact) mass is 316 g/mol. The van der Waals surface area contributed by atoms with E-state index in [1.807, 2.05) is 30.3 Å². The summed E-state index contributed by atoms with van der Waals surface area (Å²) in [6, 6.07) is 16.6. The van der Waals surface area contributed by atoms with Crippen molar-refractivity contribution in [3.8, 4) is 0 Å². The molecule has 0 aliphatic carbocycles. The molecule has 0 saturated heterocycles. The second kappa shape index (κ2) is 8.05. The summed E-state index contributed by atoms with van der Waals surface area (Å²) in [6.07, 6.45) is 0. The third-order valence-corrected chi connectivity index (χ3v) is 3.08. The number of nitrogens with zero attached hydrogens (tertiary/aromatic N) is 1. The molecule has 0 fully saturated rings. The Balaban J connectivity index is 1.76. The fourth-order valence-electron chi connectivity index (χ4n) is 1.73. The van der Waals surface area contributed by atoms with Crippen LogP contribution in [0, 0.1) is 0 Å². The number of nitrogens with one attached hydrogen (secondary N) is 2. The topological polar surface area (TPSA) is 79.5 Å². The Morgan fingerprint density at radius 1 is 1.09 bits per heavy atom. The largest absolute Gasteiger partial charge is 0.370 e. The van der Waals surface area contributed by atoms with Gasteiger partial charge in [-0.2, -0.15) is 0 Å². The molecule has 1 amide bonds. The van der Waals surface area contributed by atoms with Crippen LogP contribution < -0.4 is 16.4 Å². The SMILES string of the molecule is NC(=NCc1ccccc1)NCC(=O)Nc1ccc(Cl)cc1. The highest BCUT2D eigenvalue weighted by molar-refractivity contribution is 6.30. The molecule has 6 heteroatoms. The van der Waals surface area contributed by atoms with Crippen molar-refractivity contribution in [2.75, 3.05) is 11.9 Å². The number of aliphatic imine (C=N–C) groups is 1. The molecule has 0 atom stereocenters. The van der Waals surface area contributed by atoms with Gasteiger partial charge in [-0.25, -0.2) is 4.99 Å². The van der Waals surface area contributed by atoms with Crippen molar-refractivity contribution in [3.63, 3.8) is 0 Å². The number of anilines is 1. The molecule has 2 rings (SSSR count). The molecule has 5 nitrogen and oxygen atoms in total. The van der Waals surface area contributed by atoms with E-state index in [1.165, 1.54) is 0 Å². The number of carbonyl (C=O) groups is 1. The van der Waals surface area contributed by atoms with Crippen molar-refractivity contribution < 1.29 is 4.79 Å². The van der Waals surface area contributed by atoms with Gasteiger partial charge in [-0.3, -0.25) is 4.79 Å². The lowest BCUT2D eigenvalue weighted by Crippen LogP contribution is -2.37. The molecule has 0 aliphatic heterocycles. The van der Waals surface area contributed by atoms with Crippen LogP contribution in [-0.4, -0.2) is 18.4 Å². The summed E-state index contributed by atoms with van der Waals surface area (Å²) < 4.78 is 0. The molecule has 0 bridgehead atoms. The quantitative estimate of drug-likeness (QED) is 0.585. The van der Waals surface area contributed by atoms with Gasteiger partial charge in [0.15, 0.2) is 5.96 Å². The van der Waals surface area contributed by atoms with E-state index in [-0.39, 0.29) is 18.4 Å². The van der Waals surface area contributed by atoms with E-state index in [1.54, 1.807) is 24.3 Å². The molecule has 0 aliphatic rings. The van der Waals surface area contributed by atoms with Crippen molar-refractivity contribution in [2.24, 2.45) is 10.7 Å². The Labute approximate surface area is 134 Å². The maximum absolute atomic E-state index is 11.8. The molecule has 0 heterocycles. The van der Waals surface area contributed by atoms with E-state index in [0.717, 1.165) is 5.56 Å². The molecule has 22 heavy (non-hydrogen) atoms. The van der Waals surface area contributed by atoms with Crippen LogP contribution in [-0.2, 0) is 11.3 Å². The first-order valence-electron chi connectivity index (χ1n) is 6.76. The zero-order valence-corrected chi connectivity index (χ0v) is 12.7. The molecule has 2 aromatic rings. The van der Waals surface area contributed by atoms with Crippen molar-refractivity contribution in [2.45, 2.75) is 6.54 Å². The highest BCUT2D eigenvalue weighted by Gasteiger charge is 2.02. The number of benzene rings is 2. The van der Waals surface area contributed by atoms with Gasteiger partial charge in [0.05, 0.1) is 13.1 Å². The van der Waals surface area contributed by atoms with Crippen LogP contribution in [0.2, 0.25) is 5.02 Å². The molecule has 0 unspecified atom stereocenters. The van der Waals surface area contributed by atoms with E-state index >= 15 is 0 Å². The van der Waals surface area contributed by atoms with Crippen LogP contribution >= 0.6 is 11.6 Å². The smallest absolute Gasteiger partial charge is 0.243 e. The number of hydrogen-bond donors (Lipinski definition) is 3. The Morgan fingerprint density at radius 3 is 2.45 bits per heavy atom. The number of rotatable bonds is 5. The fourth-order valence-corrected chi connectivity index (χ4v) is 1.85. The average Bonchev–Trinajstić information content (AvgIpc) is 2.54. The number of carbonyl (C=O) groups excluding carboxylic acids is 1. The van der Waals surface area contributed by atoms with Gasteiger partial charge >= 0.3 is 0 Å². The van der Waals surface area contributed by atoms with Gasteiger partial charge in [-0.15, -0.1) is 0 Å². The first-order chi connectivity index (χ1) is 10.6. The number of hydrogen-bond acceptors (Lipinski definition) is 2. The number of guanidine groups is 1. The second-order valence-electron chi connectivity index (χ2n) is 4.60. The minimum Gasteiger partial charge on any atom is -0.370 e. The van der Waals surface area contributed by atoms with Crippen molar-refractivity contribution in [1.29, 1.82) is 0 Å². The lowest BCUT2D eigenvalue weighted by atomic mass is 10.2. The highest BCUT2D eigenvalue weighted by atomic mass is 35.5. The van der Waals surface area contributed by atoms with Crippen molar-refractivity contribution in [1.82, 2.24) is 5.32 Å². The van der Waals surface area contributed by atoms with Crippen LogP contribution in [0.3, 0.4) is 0 Å². The Kier molecular flexibility index (Phi) is 5.80. The fraction of sp³-hybridized carbons (Fsp3) is 0.125. The lowest BCUT2D eigenvalue weighted by Gasteiger charge is -2.07. The zero-order chi connectivity index (χ0) is 15.8. The summed E-state index contributed by atoms with van der Waals surface area (Å²) >= 11 is 5.78. The van der Waals surface area contributed by atoms with Gasteiger partial charge in [-0.05, 0) is 29.8 Å². The van der Waals surface area contributed by atoms with Crippen LogP contribution in [0.1, 0.15) is 5.56 Å². The van der Waals surface area contributed by atoms with Crippen LogP contribution in [0.5, 0.6) is 0 Å². The van der Waals surface area contributed by atoms with Gasteiger partial charge in [0.25, 0.3) is 0 Å². The lowest BCUT2D eigenvalue weighted by molar-refractivity contribution is -0.115. The van der Waals surface area contributed by atoms with Crippen molar-refractivity contribution >= 4 is 29.2 Å².